The molecule has 100 valence electrons. The Labute approximate surface area is 123 Å². The molecule has 0 spiro atoms. The summed E-state index contributed by atoms with van der Waals surface area (Å²) in [7, 11) is 1.68. The van der Waals surface area contributed by atoms with Gasteiger partial charge in [-0.2, -0.15) is 0 Å². The molecule has 1 aromatic carbocycles. The average Bonchev–Trinajstić information content (AvgIpc) is 2.33. The van der Waals surface area contributed by atoms with Crippen molar-refractivity contribution >= 4 is 40.5 Å². The minimum Gasteiger partial charge on any atom is -0.385 e. The van der Waals surface area contributed by atoms with Crippen molar-refractivity contribution in [1.29, 1.82) is 0 Å². The monoisotopic (exact) mass is 306 g/mol. The fourth-order valence-electron chi connectivity index (χ4n) is 1.32. The molecule has 0 fully saturated rings. The molecular weight excluding hydrogens is 291 g/mol. The molecule has 0 aliphatic heterocycles. The summed E-state index contributed by atoms with van der Waals surface area (Å²) >= 11 is 17.0. The standard InChI is InChI=1S/C12H16Cl2N2OS/c1-17-6-2-5-15-12(18)16-8-9-3-4-10(13)7-11(9)14/h3-4,7H,2,5-6,8H2,1H3,(H2,15,16,18). The predicted molar refractivity (Wildman–Crippen MR) is 80.4 cm³/mol. The van der Waals surface area contributed by atoms with Crippen molar-refractivity contribution in [3.05, 3.63) is 33.8 Å². The van der Waals surface area contributed by atoms with Crippen molar-refractivity contribution < 1.29 is 4.74 Å². The van der Waals surface area contributed by atoms with Gasteiger partial charge in [-0.25, -0.2) is 0 Å². The molecule has 0 bridgehead atoms. The minimum atomic E-state index is 0.576. The fourth-order valence-corrected chi connectivity index (χ4v) is 1.97. The molecule has 0 aliphatic carbocycles. The summed E-state index contributed by atoms with van der Waals surface area (Å²) in [6.07, 6.45) is 0.917. The van der Waals surface area contributed by atoms with Crippen LogP contribution in [0.3, 0.4) is 0 Å². The first-order valence-electron chi connectivity index (χ1n) is 5.58. The van der Waals surface area contributed by atoms with Gasteiger partial charge < -0.3 is 15.4 Å². The molecule has 2 N–H and O–H groups in total. The van der Waals surface area contributed by atoms with E-state index in [4.69, 9.17) is 40.2 Å². The van der Waals surface area contributed by atoms with E-state index in [0.717, 1.165) is 25.1 Å². The van der Waals surface area contributed by atoms with Crippen molar-refractivity contribution in [2.75, 3.05) is 20.3 Å². The summed E-state index contributed by atoms with van der Waals surface area (Å²) in [4.78, 5) is 0. The molecular formula is C12H16Cl2N2OS. The number of benzene rings is 1. The Kier molecular flexibility index (Phi) is 7.35. The highest BCUT2D eigenvalue weighted by atomic mass is 35.5. The second-order valence-corrected chi connectivity index (χ2v) is 4.94. The summed E-state index contributed by atoms with van der Waals surface area (Å²) in [5, 5.41) is 8.05. The van der Waals surface area contributed by atoms with E-state index in [1.807, 2.05) is 6.07 Å². The van der Waals surface area contributed by atoms with Crippen molar-refractivity contribution in [2.45, 2.75) is 13.0 Å². The zero-order valence-corrected chi connectivity index (χ0v) is 12.5. The maximum atomic E-state index is 6.05. The number of hydrogen-bond donors (Lipinski definition) is 2. The van der Waals surface area contributed by atoms with Gasteiger partial charge in [0.1, 0.15) is 0 Å². The highest BCUT2D eigenvalue weighted by Crippen LogP contribution is 2.20. The number of ether oxygens (including phenoxy) is 1. The Hall–Kier alpha value is -0.550. The Morgan fingerprint density at radius 3 is 2.78 bits per heavy atom. The second kappa shape index (κ2) is 8.53. The molecule has 1 aromatic rings. The third-order valence-corrected chi connectivity index (χ3v) is 3.14. The first-order valence-corrected chi connectivity index (χ1v) is 6.74. The topological polar surface area (TPSA) is 33.3 Å². The van der Waals surface area contributed by atoms with Crippen LogP contribution in [0.25, 0.3) is 0 Å². The second-order valence-electron chi connectivity index (χ2n) is 3.69. The van der Waals surface area contributed by atoms with E-state index in [9.17, 15) is 0 Å². The van der Waals surface area contributed by atoms with Crippen molar-refractivity contribution in [3.63, 3.8) is 0 Å². The van der Waals surface area contributed by atoms with Gasteiger partial charge in [0.2, 0.25) is 0 Å². The average molecular weight is 307 g/mol. The first kappa shape index (κ1) is 15.5. The molecule has 0 saturated carbocycles. The molecule has 18 heavy (non-hydrogen) atoms. The Bertz CT molecular complexity index is 402. The van der Waals surface area contributed by atoms with Gasteiger partial charge in [0.05, 0.1) is 0 Å². The summed E-state index contributed by atoms with van der Waals surface area (Å²) < 4.78 is 4.95. The molecule has 0 unspecified atom stereocenters. The van der Waals surface area contributed by atoms with E-state index in [1.165, 1.54) is 0 Å². The number of thiocarbonyl (C=S) groups is 1. The minimum absolute atomic E-state index is 0.576. The van der Waals surface area contributed by atoms with E-state index < -0.39 is 0 Å². The van der Waals surface area contributed by atoms with Gasteiger partial charge in [0, 0.05) is 36.9 Å². The lowest BCUT2D eigenvalue weighted by Crippen LogP contribution is -2.35. The first-order chi connectivity index (χ1) is 8.63. The smallest absolute Gasteiger partial charge is 0.166 e. The van der Waals surface area contributed by atoms with Gasteiger partial charge in [0.15, 0.2) is 5.11 Å². The molecule has 0 saturated heterocycles. The maximum absolute atomic E-state index is 6.05. The van der Waals surface area contributed by atoms with E-state index in [-0.39, 0.29) is 0 Å². The largest absolute Gasteiger partial charge is 0.385 e. The lowest BCUT2D eigenvalue weighted by molar-refractivity contribution is 0.195. The van der Waals surface area contributed by atoms with Crippen molar-refractivity contribution in [2.24, 2.45) is 0 Å². The van der Waals surface area contributed by atoms with Gasteiger partial charge in [-0.05, 0) is 36.3 Å². The quantitative estimate of drug-likeness (QED) is 0.625. The SMILES string of the molecule is COCCCNC(=S)NCc1ccc(Cl)cc1Cl. The Morgan fingerprint density at radius 1 is 1.33 bits per heavy atom. The zero-order valence-electron chi connectivity index (χ0n) is 10.1. The third-order valence-electron chi connectivity index (χ3n) is 2.27. The van der Waals surface area contributed by atoms with E-state index in [1.54, 1.807) is 19.2 Å². The Balaban J connectivity index is 2.29. The van der Waals surface area contributed by atoms with Crippen LogP contribution in [0.4, 0.5) is 0 Å². The third kappa shape index (κ3) is 5.87. The van der Waals surface area contributed by atoms with Gasteiger partial charge >= 0.3 is 0 Å². The van der Waals surface area contributed by atoms with Gasteiger partial charge in [-0.3, -0.25) is 0 Å². The molecule has 0 atom stereocenters. The lowest BCUT2D eigenvalue weighted by Gasteiger charge is -2.11. The number of rotatable bonds is 6. The molecule has 0 aliphatic rings. The van der Waals surface area contributed by atoms with Gasteiger partial charge in [0.25, 0.3) is 0 Å². The molecule has 0 aromatic heterocycles. The van der Waals surface area contributed by atoms with Crippen LogP contribution in [-0.4, -0.2) is 25.4 Å². The summed E-state index contributed by atoms with van der Waals surface area (Å²) in [5.74, 6) is 0. The molecule has 1 rings (SSSR count). The zero-order chi connectivity index (χ0) is 13.4. The highest BCUT2D eigenvalue weighted by Gasteiger charge is 2.02. The van der Waals surface area contributed by atoms with E-state index >= 15 is 0 Å². The molecule has 0 amide bonds. The number of hydrogen-bond acceptors (Lipinski definition) is 2. The van der Waals surface area contributed by atoms with Crippen LogP contribution >= 0.6 is 35.4 Å². The van der Waals surface area contributed by atoms with Crippen LogP contribution < -0.4 is 10.6 Å². The normalized spacial score (nSPS) is 10.2. The van der Waals surface area contributed by atoms with Crippen molar-refractivity contribution in [1.82, 2.24) is 10.6 Å². The fraction of sp³-hybridized carbons (Fsp3) is 0.417. The van der Waals surface area contributed by atoms with E-state index in [0.29, 0.717) is 21.7 Å². The van der Waals surface area contributed by atoms with Crippen LogP contribution in [-0.2, 0) is 11.3 Å². The maximum Gasteiger partial charge on any atom is 0.166 e. The van der Waals surface area contributed by atoms with Crippen molar-refractivity contribution in [3.8, 4) is 0 Å². The summed E-state index contributed by atoms with van der Waals surface area (Å²) in [5.41, 5.74) is 0.960. The van der Waals surface area contributed by atoms with Crippen LogP contribution in [0, 0.1) is 0 Å². The van der Waals surface area contributed by atoms with Gasteiger partial charge in [-0.15, -0.1) is 0 Å². The number of methoxy groups -OCH3 is 1. The summed E-state index contributed by atoms with van der Waals surface area (Å²) in [6, 6.07) is 5.40. The number of nitrogens with one attached hydrogen (secondary N) is 2. The molecule has 6 heteroatoms. The van der Waals surface area contributed by atoms with Gasteiger partial charge in [-0.1, -0.05) is 29.3 Å². The summed E-state index contributed by atoms with van der Waals surface area (Å²) in [6.45, 7) is 2.08. The molecule has 0 radical (unpaired) electrons. The number of halogens is 2. The predicted octanol–water partition coefficient (Wildman–Crippen LogP) is 2.99. The molecule has 0 heterocycles. The lowest BCUT2D eigenvalue weighted by atomic mass is 10.2. The van der Waals surface area contributed by atoms with Crippen LogP contribution in [0.5, 0.6) is 0 Å². The Morgan fingerprint density at radius 2 is 2.11 bits per heavy atom. The van der Waals surface area contributed by atoms with Crippen LogP contribution in [0.15, 0.2) is 18.2 Å². The highest BCUT2D eigenvalue weighted by molar-refractivity contribution is 7.80. The van der Waals surface area contributed by atoms with Crippen LogP contribution in [0.2, 0.25) is 10.0 Å². The van der Waals surface area contributed by atoms with Crippen LogP contribution in [0.1, 0.15) is 12.0 Å². The van der Waals surface area contributed by atoms with E-state index in [2.05, 4.69) is 10.6 Å². The molecule has 3 nitrogen and oxygen atoms in total.